The number of benzene rings is 1. The lowest BCUT2D eigenvalue weighted by Gasteiger charge is -2.14. The Morgan fingerprint density at radius 2 is 2.03 bits per heavy atom. The number of hydrogen-bond donors (Lipinski definition) is 2. The summed E-state index contributed by atoms with van der Waals surface area (Å²) in [7, 11) is 0. The first kappa shape index (κ1) is 19.6. The van der Waals surface area contributed by atoms with Crippen LogP contribution in [0.5, 0.6) is 5.75 Å². The highest BCUT2D eigenvalue weighted by Crippen LogP contribution is 2.29. The minimum atomic E-state index is -0.165. The molecule has 0 aliphatic heterocycles. The maximum atomic E-state index is 12.5. The van der Waals surface area contributed by atoms with E-state index in [2.05, 4.69) is 15.6 Å². The molecule has 2 N–H and O–H groups in total. The largest absolute Gasteiger partial charge is 0.484 e. The van der Waals surface area contributed by atoms with Crippen LogP contribution in [0.2, 0.25) is 0 Å². The van der Waals surface area contributed by atoms with Gasteiger partial charge >= 0.3 is 0 Å². The predicted molar refractivity (Wildman–Crippen MR) is 114 cm³/mol. The first-order chi connectivity index (χ1) is 14.1. The van der Waals surface area contributed by atoms with Gasteiger partial charge < -0.3 is 15.4 Å². The summed E-state index contributed by atoms with van der Waals surface area (Å²) in [5.74, 6) is 0.389. The normalized spacial score (nSPS) is 14.2. The SMILES string of the molecule is CC(NC(=O)c1cnc(-c2cccs2)s1)c1ccc(OCC(=O)NC2CC2)cc1. The number of carbonyl (C=O) groups excluding carboxylic acids is 2. The van der Waals surface area contributed by atoms with Crippen molar-refractivity contribution >= 4 is 34.5 Å². The van der Waals surface area contributed by atoms with Crippen LogP contribution in [0.25, 0.3) is 9.88 Å². The van der Waals surface area contributed by atoms with Crippen LogP contribution in [0.1, 0.15) is 41.0 Å². The number of ether oxygens (including phenoxy) is 1. The van der Waals surface area contributed by atoms with Crippen molar-refractivity contribution in [1.29, 1.82) is 0 Å². The van der Waals surface area contributed by atoms with Crippen molar-refractivity contribution in [3.63, 3.8) is 0 Å². The second-order valence-corrected chi connectivity index (χ2v) is 8.88. The van der Waals surface area contributed by atoms with Crippen LogP contribution in [-0.2, 0) is 4.79 Å². The maximum absolute atomic E-state index is 12.5. The van der Waals surface area contributed by atoms with Gasteiger partial charge in [0.1, 0.15) is 15.6 Å². The van der Waals surface area contributed by atoms with Crippen LogP contribution >= 0.6 is 22.7 Å². The Bertz CT molecular complexity index is 979. The highest BCUT2D eigenvalue weighted by Gasteiger charge is 2.23. The first-order valence-electron chi connectivity index (χ1n) is 9.41. The maximum Gasteiger partial charge on any atom is 0.263 e. The molecule has 0 spiro atoms. The number of aromatic nitrogens is 1. The van der Waals surface area contributed by atoms with Gasteiger partial charge in [0.15, 0.2) is 6.61 Å². The number of thiophene rings is 1. The molecule has 2 heterocycles. The highest BCUT2D eigenvalue weighted by molar-refractivity contribution is 7.21. The second-order valence-electron chi connectivity index (χ2n) is 6.90. The molecule has 2 amide bonds. The Morgan fingerprint density at radius 1 is 1.24 bits per heavy atom. The lowest BCUT2D eigenvalue weighted by atomic mass is 10.1. The first-order valence-corrected chi connectivity index (χ1v) is 11.1. The molecule has 6 nitrogen and oxygen atoms in total. The topological polar surface area (TPSA) is 80.3 Å². The number of rotatable bonds is 8. The minimum absolute atomic E-state index is 0.0140. The Morgan fingerprint density at radius 3 is 2.72 bits per heavy atom. The van der Waals surface area contributed by atoms with Crippen LogP contribution in [0.15, 0.2) is 48.0 Å². The van der Waals surface area contributed by atoms with Crippen molar-refractivity contribution in [2.75, 3.05) is 6.61 Å². The van der Waals surface area contributed by atoms with Crippen LogP contribution in [0.4, 0.5) is 0 Å². The molecule has 1 unspecified atom stereocenters. The Balaban J connectivity index is 1.30. The van der Waals surface area contributed by atoms with Crippen molar-refractivity contribution in [1.82, 2.24) is 15.6 Å². The highest BCUT2D eigenvalue weighted by atomic mass is 32.1. The summed E-state index contributed by atoms with van der Waals surface area (Å²) in [6.07, 6.45) is 3.73. The molecule has 1 aromatic carbocycles. The van der Waals surface area contributed by atoms with Gasteiger partial charge in [-0.3, -0.25) is 9.59 Å². The number of nitrogens with zero attached hydrogens (tertiary/aromatic N) is 1. The molecule has 1 aliphatic carbocycles. The van der Waals surface area contributed by atoms with Crippen molar-refractivity contribution in [3.05, 3.63) is 58.4 Å². The number of thiazole rings is 1. The average molecular weight is 428 g/mol. The van der Waals surface area contributed by atoms with Crippen molar-refractivity contribution in [2.45, 2.75) is 31.8 Å². The molecular weight excluding hydrogens is 406 g/mol. The number of hydrogen-bond acceptors (Lipinski definition) is 6. The zero-order valence-corrected chi connectivity index (χ0v) is 17.5. The van der Waals surface area contributed by atoms with Crippen LogP contribution in [0, 0.1) is 0 Å². The second kappa shape index (κ2) is 8.75. The summed E-state index contributed by atoms with van der Waals surface area (Å²) < 4.78 is 5.51. The fraction of sp³-hybridized carbons (Fsp3) is 0.286. The van der Waals surface area contributed by atoms with E-state index in [4.69, 9.17) is 4.74 Å². The number of carbonyl (C=O) groups is 2. The average Bonchev–Trinajstić information content (AvgIpc) is 3.19. The van der Waals surface area contributed by atoms with E-state index in [0.717, 1.165) is 28.3 Å². The fourth-order valence-corrected chi connectivity index (χ4v) is 4.37. The molecule has 1 fully saturated rings. The van der Waals surface area contributed by atoms with Gasteiger partial charge in [-0.05, 0) is 48.9 Å². The quantitative estimate of drug-likeness (QED) is 0.569. The van der Waals surface area contributed by atoms with Crippen LogP contribution in [0.3, 0.4) is 0 Å². The van der Waals surface area contributed by atoms with E-state index >= 15 is 0 Å². The molecule has 3 aromatic rings. The zero-order chi connectivity index (χ0) is 20.2. The fourth-order valence-electron chi connectivity index (χ4n) is 2.74. The third-order valence-electron chi connectivity index (χ3n) is 4.50. The minimum Gasteiger partial charge on any atom is -0.484 e. The number of amides is 2. The van der Waals surface area contributed by atoms with Gasteiger partial charge in [0.25, 0.3) is 11.8 Å². The van der Waals surface area contributed by atoms with Crippen molar-refractivity contribution in [2.24, 2.45) is 0 Å². The van der Waals surface area contributed by atoms with Gasteiger partial charge in [-0.25, -0.2) is 4.98 Å². The number of nitrogens with one attached hydrogen (secondary N) is 2. The van der Waals surface area contributed by atoms with E-state index in [-0.39, 0.29) is 24.5 Å². The van der Waals surface area contributed by atoms with Gasteiger partial charge in [0, 0.05) is 6.04 Å². The standard InChI is InChI=1S/C21H21N3O3S2/c1-13(23-20(26)18-11-22-21(29-18)17-3-2-10-28-17)14-4-8-16(9-5-14)27-12-19(25)24-15-6-7-15/h2-5,8-11,13,15H,6-7,12H2,1H3,(H,23,26)(H,24,25). The lowest BCUT2D eigenvalue weighted by molar-refractivity contribution is -0.123. The van der Waals surface area contributed by atoms with Crippen molar-refractivity contribution in [3.8, 4) is 15.6 Å². The van der Waals surface area contributed by atoms with Crippen LogP contribution in [-0.4, -0.2) is 29.4 Å². The third kappa shape index (κ3) is 5.21. The van der Waals surface area contributed by atoms with E-state index in [1.165, 1.54) is 11.3 Å². The van der Waals surface area contributed by atoms with Gasteiger partial charge in [-0.15, -0.1) is 22.7 Å². The summed E-state index contributed by atoms with van der Waals surface area (Å²) in [4.78, 5) is 30.2. The monoisotopic (exact) mass is 427 g/mol. The molecule has 4 rings (SSSR count). The zero-order valence-electron chi connectivity index (χ0n) is 15.9. The van der Waals surface area contributed by atoms with Gasteiger partial charge in [0.05, 0.1) is 17.1 Å². The molecule has 1 saturated carbocycles. The van der Waals surface area contributed by atoms with Gasteiger partial charge in [0.2, 0.25) is 0 Å². The summed E-state index contributed by atoms with van der Waals surface area (Å²) >= 11 is 2.99. The van der Waals surface area contributed by atoms with E-state index in [1.54, 1.807) is 17.5 Å². The van der Waals surface area contributed by atoms with Crippen molar-refractivity contribution < 1.29 is 14.3 Å². The molecule has 1 atom stereocenters. The Labute approximate surface area is 176 Å². The summed E-state index contributed by atoms with van der Waals surface area (Å²) in [5, 5.41) is 8.73. The van der Waals surface area contributed by atoms with E-state index in [1.807, 2.05) is 48.7 Å². The Kier molecular flexibility index (Phi) is 5.92. The molecule has 2 aromatic heterocycles. The van der Waals surface area contributed by atoms with E-state index in [9.17, 15) is 9.59 Å². The lowest BCUT2D eigenvalue weighted by Crippen LogP contribution is -2.30. The van der Waals surface area contributed by atoms with Crippen LogP contribution < -0.4 is 15.4 Å². The molecule has 0 radical (unpaired) electrons. The molecular formula is C21H21N3O3S2. The van der Waals surface area contributed by atoms with E-state index in [0.29, 0.717) is 16.7 Å². The molecule has 0 bridgehead atoms. The predicted octanol–water partition coefficient (Wildman–Crippen LogP) is 4.02. The van der Waals surface area contributed by atoms with E-state index < -0.39 is 0 Å². The molecule has 29 heavy (non-hydrogen) atoms. The molecule has 1 aliphatic rings. The molecule has 0 saturated heterocycles. The smallest absolute Gasteiger partial charge is 0.263 e. The molecule has 8 heteroatoms. The summed E-state index contributed by atoms with van der Waals surface area (Å²) in [6.45, 7) is 1.94. The third-order valence-corrected chi connectivity index (χ3v) is 6.54. The summed E-state index contributed by atoms with van der Waals surface area (Å²) in [6, 6.07) is 11.5. The van der Waals surface area contributed by atoms with Gasteiger partial charge in [-0.2, -0.15) is 0 Å². The van der Waals surface area contributed by atoms with Gasteiger partial charge in [-0.1, -0.05) is 18.2 Å². The Hall–Kier alpha value is -2.71. The molecule has 150 valence electrons. The summed E-state index contributed by atoms with van der Waals surface area (Å²) in [5.41, 5.74) is 0.955.